The van der Waals surface area contributed by atoms with Crippen molar-refractivity contribution in [2.24, 2.45) is 0 Å². The van der Waals surface area contributed by atoms with Gasteiger partial charge in [-0.2, -0.15) is 0 Å². The first-order chi connectivity index (χ1) is 13.2. The molecule has 0 aromatic rings. The van der Waals surface area contributed by atoms with Crippen molar-refractivity contribution < 1.29 is 24.5 Å². The number of aliphatic hydroxyl groups excluding tert-OH is 2. The summed E-state index contributed by atoms with van der Waals surface area (Å²) in [5.41, 5.74) is 0. The Morgan fingerprint density at radius 3 is 1.93 bits per heavy atom. The van der Waals surface area contributed by atoms with Gasteiger partial charge in [0, 0.05) is 6.42 Å². The van der Waals surface area contributed by atoms with E-state index >= 15 is 0 Å². The number of ether oxygens (including phenoxy) is 1. The van der Waals surface area contributed by atoms with Crippen molar-refractivity contribution >= 4 is 12.3 Å². The van der Waals surface area contributed by atoms with E-state index in [1.165, 1.54) is 51.4 Å². The molecule has 0 aromatic carbocycles. The fourth-order valence-electron chi connectivity index (χ4n) is 3.01. The van der Waals surface area contributed by atoms with Gasteiger partial charge in [-0.05, 0) is 32.1 Å². The Bertz CT molecular complexity index is 381. The molecule has 0 rings (SSSR count). The van der Waals surface area contributed by atoms with Gasteiger partial charge in [0.1, 0.15) is 0 Å². The molecule has 0 aromatic heterocycles. The number of hydrogen-bond acceptors (Lipinski definition) is 5. The van der Waals surface area contributed by atoms with Crippen LogP contribution in [0.3, 0.4) is 0 Å². The summed E-state index contributed by atoms with van der Waals surface area (Å²) in [5.74, 6) is -0.381. The number of unbranched alkanes of at least 4 members (excludes halogenated alkanes) is 11. The minimum atomic E-state index is -1.43. The van der Waals surface area contributed by atoms with Crippen molar-refractivity contribution in [3.05, 3.63) is 12.2 Å². The van der Waals surface area contributed by atoms with Gasteiger partial charge in [-0.3, -0.25) is 9.59 Å². The summed E-state index contributed by atoms with van der Waals surface area (Å²) in [5, 5.41) is 18.7. The Kier molecular flexibility index (Phi) is 18.7. The first-order valence-electron chi connectivity index (χ1n) is 10.7. The number of allylic oxidation sites excluding steroid dienone is 2. The van der Waals surface area contributed by atoms with Gasteiger partial charge in [0.05, 0.1) is 6.61 Å². The Balaban J connectivity index is 3.47. The predicted octanol–water partition coefficient (Wildman–Crippen LogP) is 4.49. The molecular weight excluding hydrogens is 344 g/mol. The fraction of sp³-hybridized carbons (Fsp3) is 0.818. The Hall–Kier alpha value is -1.20. The first-order valence-corrected chi connectivity index (χ1v) is 10.7. The van der Waals surface area contributed by atoms with Crippen LogP contribution in [0.5, 0.6) is 0 Å². The van der Waals surface area contributed by atoms with Crippen molar-refractivity contribution in [3.8, 4) is 0 Å². The molecule has 5 heteroatoms. The third-order valence-corrected chi connectivity index (χ3v) is 4.78. The molecule has 0 saturated carbocycles. The highest BCUT2D eigenvalue weighted by molar-refractivity contribution is 5.83. The van der Waals surface area contributed by atoms with Crippen LogP contribution >= 0.6 is 0 Å². The van der Waals surface area contributed by atoms with Gasteiger partial charge >= 0.3 is 0 Å². The molecule has 27 heavy (non-hydrogen) atoms. The van der Waals surface area contributed by atoms with Gasteiger partial charge in [-0.1, -0.05) is 70.4 Å². The lowest BCUT2D eigenvalue weighted by atomic mass is 10.0. The molecule has 2 unspecified atom stereocenters. The van der Waals surface area contributed by atoms with E-state index in [1.807, 2.05) is 0 Å². The summed E-state index contributed by atoms with van der Waals surface area (Å²) in [6.07, 6.45) is 17.7. The molecule has 2 atom stereocenters. The van der Waals surface area contributed by atoms with Gasteiger partial charge in [0.2, 0.25) is 0 Å². The lowest BCUT2D eigenvalue weighted by Gasteiger charge is -2.17. The highest BCUT2D eigenvalue weighted by atomic mass is 16.5. The molecule has 0 aliphatic rings. The van der Waals surface area contributed by atoms with Gasteiger partial charge in [-0.25, -0.2) is 0 Å². The molecule has 0 radical (unpaired) electrons. The lowest BCUT2D eigenvalue weighted by Crippen LogP contribution is -2.38. The van der Waals surface area contributed by atoms with Gasteiger partial charge in [0.25, 0.3) is 6.47 Å². The molecule has 0 aliphatic heterocycles. The topological polar surface area (TPSA) is 83.8 Å². The van der Waals surface area contributed by atoms with Crippen LogP contribution in [0.1, 0.15) is 96.8 Å². The molecule has 0 heterocycles. The normalized spacial score (nSPS) is 13.6. The van der Waals surface area contributed by atoms with E-state index in [2.05, 4.69) is 23.8 Å². The van der Waals surface area contributed by atoms with Crippen LogP contribution in [0.25, 0.3) is 0 Å². The van der Waals surface area contributed by atoms with Crippen LogP contribution in [0.15, 0.2) is 12.2 Å². The quantitative estimate of drug-likeness (QED) is 0.184. The average Bonchev–Trinajstić information content (AvgIpc) is 2.68. The van der Waals surface area contributed by atoms with E-state index in [0.29, 0.717) is 6.42 Å². The molecular formula is C22H40O5. The summed E-state index contributed by atoms with van der Waals surface area (Å²) >= 11 is 0. The number of carbonyl (C=O) groups is 2. The molecule has 5 nitrogen and oxygen atoms in total. The van der Waals surface area contributed by atoms with E-state index in [9.17, 15) is 14.7 Å². The molecule has 0 bridgehead atoms. The maximum Gasteiger partial charge on any atom is 0.293 e. The summed E-state index contributed by atoms with van der Waals surface area (Å²) in [6.45, 7) is 1.82. The minimum absolute atomic E-state index is 0.138. The Morgan fingerprint density at radius 2 is 1.41 bits per heavy atom. The van der Waals surface area contributed by atoms with Gasteiger partial charge < -0.3 is 14.9 Å². The van der Waals surface area contributed by atoms with Crippen molar-refractivity contribution in [2.45, 2.75) is 109 Å². The van der Waals surface area contributed by atoms with E-state index < -0.39 is 18.8 Å². The van der Waals surface area contributed by atoms with E-state index in [0.717, 1.165) is 25.7 Å². The predicted molar refractivity (Wildman–Crippen MR) is 108 cm³/mol. The average molecular weight is 385 g/mol. The highest BCUT2D eigenvalue weighted by Gasteiger charge is 2.26. The SMILES string of the molecule is CCCCCCCC/C=C\CCCCCCCC(=O)C(O)C(CO)OC=O. The summed E-state index contributed by atoms with van der Waals surface area (Å²) in [6, 6.07) is 0. The number of ketones is 1. The van der Waals surface area contributed by atoms with Crippen LogP contribution in [-0.4, -0.2) is 41.3 Å². The monoisotopic (exact) mass is 384 g/mol. The van der Waals surface area contributed by atoms with Crippen LogP contribution in [0.2, 0.25) is 0 Å². The van der Waals surface area contributed by atoms with Crippen LogP contribution in [0.4, 0.5) is 0 Å². The second kappa shape index (κ2) is 19.6. The largest absolute Gasteiger partial charge is 0.459 e. The molecule has 0 saturated heterocycles. The molecule has 0 fully saturated rings. The first kappa shape index (κ1) is 25.8. The number of aliphatic hydroxyl groups is 2. The fourth-order valence-corrected chi connectivity index (χ4v) is 3.01. The summed E-state index contributed by atoms with van der Waals surface area (Å²) in [7, 11) is 0. The molecule has 0 spiro atoms. The molecule has 2 N–H and O–H groups in total. The lowest BCUT2D eigenvalue weighted by molar-refractivity contribution is -0.149. The van der Waals surface area contributed by atoms with Crippen molar-refractivity contribution in [1.82, 2.24) is 0 Å². The van der Waals surface area contributed by atoms with E-state index in [1.54, 1.807) is 0 Å². The number of rotatable bonds is 20. The second-order valence-corrected chi connectivity index (χ2v) is 7.20. The zero-order valence-electron chi connectivity index (χ0n) is 17.1. The highest BCUT2D eigenvalue weighted by Crippen LogP contribution is 2.11. The van der Waals surface area contributed by atoms with Crippen LogP contribution in [-0.2, 0) is 14.3 Å². The maximum atomic E-state index is 11.8. The zero-order valence-corrected chi connectivity index (χ0v) is 17.1. The van der Waals surface area contributed by atoms with Gasteiger partial charge in [-0.15, -0.1) is 0 Å². The third kappa shape index (κ3) is 15.5. The molecule has 0 aliphatic carbocycles. The van der Waals surface area contributed by atoms with Gasteiger partial charge in [0.15, 0.2) is 18.0 Å². The summed E-state index contributed by atoms with van der Waals surface area (Å²) < 4.78 is 4.49. The van der Waals surface area contributed by atoms with E-state index in [4.69, 9.17) is 5.11 Å². The van der Waals surface area contributed by atoms with Crippen molar-refractivity contribution in [3.63, 3.8) is 0 Å². The Morgan fingerprint density at radius 1 is 0.889 bits per heavy atom. The number of Topliss-reactive ketones (excluding diaryl/α,β-unsaturated/α-hetero) is 1. The standard InChI is InChI=1S/C22H40O5/c1-2-3-4-5-6-7-8-9-10-11-12-13-14-15-16-17-20(25)22(26)21(18-23)27-19-24/h9-10,19,21-23,26H,2-8,11-18H2,1H3/b10-9-. The van der Waals surface area contributed by atoms with Crippen LogP contribution in [0, 0.1) is 0 Å². The smallest absolute Gasteiger partial charge is 0.293 e. The van der Waals surface area contributed by atoms with Crippen molar-refractivity contribution in [2.75, 3.05) is 6.61 Å². The Labute approximate surface area is 165 Å². The minimum Gasteiger partial charge on any atom is -0.459 e. The third-order valence-electron chi connectivity index (χ3n) is 4.78. The summed E-state index contributed by atoms with van der Waals surface area (Å²) in [4.78, 5) is 22.0. The second-order valence-electron chi connectivity index (χ2n) is 7.20. The molecule has 0 amide bonds. The molecule has 158 valence electrons. The number of hydrogen-bond donors (Lipinski definition) is 2. The van der Waals surface area contributed by atoms with Crippen LogP contribution < -0.4 is 0 Å². The van der Waals surface area contributed by atoms with Crippen molar-refractivity contribution in [1.29, 1.82) is 0 Å². The van der Waals surface area contributed by atoms with E-state index in [-0.39, 0.29) is 18.7 Å². The maximum absolute atomic E-state index is 11.8. The zero-order chi connectivity index (χ0) is 20.2. The number of carbonyl (C=O) groups excluding carboxylic acids is 2.